The van der Waals surface area contributed by atoms with Crippen molar-refractivity contribution in [1.29, 1.82) is 0 Å². The van der Waals surface area contributed by atoms with Crippen LogP contribution in [0, 0.1) is 0 Å². The summed E-state index contributed by atoms with van der Waals surface area (Å²) in [5.41, 5.74) is 1.25. The molecular weight excluding hydrogens is 240 g/mol. The fraction of sp³-hybridized carbons (Fsp3) is 0.200. The van der Waals surface area contributed by atoms with Crippen molar-refractivity contribution in [2.24, 2.45) is 0 Å². The monoisotopic (exact) mass is 258 g/mol. The molecule has 0 spiro atoms. The van der Waals surface area contributed by atoms with Crippen LogP contribution in [-0.4, -0.2) is 22.8 Å². The molecule has 0 amide bonds. The van der Waals surface area contributed by atoms with Gasteiger partial charge in [0.2, 0.25) is 0 Å². The van der Waals surface area contributed by atoms with Crippen molar-refractivity contribution >= 4 is 13.7 Å². The molecule has 18 heavy (non-hydrogen) atoms. The van der Waals surface area contributed by atoms with Gasteiger partial charge in [-0.15, -0.1) is 0 Å². The molecule has 0 aliphatic carbocycles. The highest BCUT2D eigenvalue weighted by atomic mass is 28.4. The Morgan fingerprint density at radius 3 is 1.78 bits per heavy atom. The minimum absolute atomic E-state index is 0.824. The van der Waals surface area contributed by atoms with Crippen molar-refractivity contribution in [2.75, 3.05) is 14.2 Å². The second kappa shape index (κ2) is 5.95. The van der Waals surface area contributed by atoms with Gasteiger partial charge in [-0.1, -0.05) is 60.7 Å². The molecule has 3 heteroatoms. The van der Waals surface area contributed by atoms with Crippen molar-refractivity contribution in [2.45, 2.75) is 6.04 Å². The molecule has 0 aromatic heterocycles. The summed E-state index contributed by atoms with van der Waals surface area (Å²) in [6.45, 7) is 0. The van der Waals surface area contributed by atoms with Gasteiger partial charge < -0.3 is 8.85 Å². The summed E-state index contributed by atoms with van der Waals surface area (Å²) in [5, 5.41) is 1.17. The molecule has 0 bridgehead atoms. The van der Waals surface area contributed by atoms with Crippen LogP contribution in [0.1, 0.15) is 5.56 Å². The number of hydrogen-bond donors (Lipinski definition) is 0. The zero-order chi connectivity index (χ0) is 12.8. The topological polar surface area (TPSA) is 18.5 Å². The molecule has 0 fully saturated rings. The molecule has 2 nitrogen and oxygen atoms in total. The Morgan fingerprint density at radius 2 is 1.28 bits per heavy atom. The molecular formula is C15H18O2Si. The normalized spacial score (nSPS) is 11.4. The number of rotatable bonds is 5. The van der Waals surface area contributed by atoms with Gasteiger partial charge in [-0.05, 0) is 10.8 Å². The summed E-state index contributed by atoms with van der Waals surface area (Å²) in [6, 6.07) is 21.4. The van der Waals surface area contributed by atoms with Crippen LogP contribution in [0.5, 0.6) is 0 Å². The molecule has 0 unspecified atom stereocenters. The Morgan fingerprint density at radius 1 is 0.778 bits per heavy atom. The van der Waals surface area contributed by atoms with Crippen LogP contribution in [0.3, 0.4) is 0 Å². The Hall–Kier alpha value is -1.42. The molecule has 94 valence electrons. The van der Waals surface area contributed by atoms with Crippen molar-refractivity contribution in [3.8, 4) is 0 Å². The maximum atomic E-state index is 5.79. The molecule has 0 saturated heterocycles. The third-order valence-corrected chi connectivity index (χ3v) is 6.56. The highest BCUT2D eigenvalue weighted by molar-refractivity contribution is 6.80. The summed E-state index contributed by atoms with van der Waals surface area (Å²) in [7, 11) is 1.12. The fourth-order valence-electron chi connectivity index (χ4n) is 2.12. The average Bonchev–Trinajstić information content (AvgIpc) is 2.47. The van der Waals surface area contributed by atoms with Crippen LogP contribution in [0.25, 0.3) is 0 Å². The van der Waals surface area contributed by atoms with Crippen LogP contribution in [0.2, 0.25) is 0 Å². The second-order valence-corrected chi connectivity index (χ2v) is 7.44. The van der Waals surface area contributed by atoms with Crippen molar-refractivity contribution in [1.82, 2.24) is 0 Å². The van der Waals surface area contributed by atoms with Crippen LogP contribution in [0.15, 0.2) is 60.7 Å². The van der Waals surface area contributed by atoms with Gasteiger partial charge in [-0.3, -0.25) is 0 Å². The predicted molar refractivity (Wildman–Crippen MR) is 76.0 cm³/mol. The van der Waals surface area contributed by atoms with E-state index < -0.39 is 8.56 Å². The molecule has 0 heterocycles. The second-order valence-electron chi connectivity index (χ2n) is 4.19. The van der Waals surface area contributed by atoms with E-state index >= 15 is 0 Å². The maximum Gasteiger partial charge on any atom is 0.376 e. The first-order valence-corrected chi connectivity index (χ1v) is 8.03. The van der Waals surface area contributed by atoms with Crippen LogP contribution < -0.4 is 5.19 Å². The SMILES string of the molecule is CO[Si](Cc1ccccc1)(OC)c1ccccc1. The van der Waals surface area contributed by atoms with E-state index in [1.807, 2.05) is 36.4 Å². The third-order valence-electron chi connectivity index (χ3n) is 3.15. The van der Waals surface area contributed by atoms with Crippen molar-refractivity contribution < 1.29 is 8.85 Å². The number of benzene rings is 2. The average molecular weight is 258 g/mol. The lowest BCUT2D eigenvalue weighted by Gasteiger charge is -2.27. The van der Waals surface area contributed by atoms with Gasteiger partial charge in [-0.25, -0.2) is 0 Å². The summed E-state index contributed by atoms with van der Waals surface area (Å²) in [5.74, 6) is 0. The van der Waals surface area contributed by atoms with Gasteiger partial charge in [0.25, 0.3) is 0 Å². The van der Waals surface area contributed by atoms with E-state index in [0.717, 1.165) is 6.04 Å². The van der Waals surface area contributed by atoms with E-state index in [-0.39, 0.29) is 0 Å². The van der Waals surface area contributed by atoms with E-state index in [4.69, 9.17) is 8.85 Å². The first kappa shape index (κ1) is 13.0. The molecule has 0 N–H and O–H groups in total. The Bertz CT molecular complexity index is 466. The van der Waals surface area contributed by atoms with Gasteiger partial charge in [-0.2, -0.15) is 0 Å². The van der Waals surface area contributed by atoms with E-state index in [2.05, 4.69) is 24.3 Å². The van der Waals surface area contributed by atoms with Gasteiger partial charge in [0.15, 0.2) is 0 Å². The zero-order valence-corrected chi connectivity index (χ0v) is 11.8. The van der Waals surface area contributed by atoms with Crippen molar-refractivity contribution in [3.05, 3.63) is 66.2 Å². The van der Waals surface area contributed by atoms with Gasteiger partial charge in [0.1, 0.15) is 0 Å². The fourth-order valence-corrected chi connectivity index (χ4v) is 4.73. The van der Waals surface area contributed by atoms with Crippen LogP contribution in [-0.2, 0) is 14.9 Å². The van der Waals surface area contributed by atoms with E-state index in [1.165, 1.54) is 10.8 Å². The molecule has 2 aromatic carbocycles. The molecule has 0 aliphatic heterocycles. The third kappa shape index (κ3) is 2.69. The molecule has 2 aromatic rings. The molecule has 0 radical (unpaired) electrons. The highest BCUT2D eigenvalue weighted by Gasteiger charge is 2.38. The first-order valence-electron chi connectivity index (χ1n) is 6.00. The van der Waals surface area contributed by atoms with Gasteiger partial charge >= 0.3 is 8.56 Å². The zero-order valence-electron chi connectivity index (χ0n) is 10.8. The smallest absolute Gasteiger partial charge is 0.376 e. The maximum absolute atomic E-state index is 5.79. The summed E-state index contributed by atoms with van der Waals surface area (Å²) in [6.07, 6.45) is 0. The van der Waals surface area contributed by atoms with E-state index in [9.17, 15) is 0 Å². The quantitative estimate of drug-likeness (QED) is 0.767. The minimum Gasteiger partial charge on any atom is -0.394 e. The molecule has 0 atom stereocenters. The van der Waals surface area contributed by atoms with Crippen LogP contribution in [0.4, 0.5) is 0 Å². The van der Waals surface area contributed by atoms with Gasteiger partial charge in [0.05, 0.1) is 0 Å². The highest BCUT2D eigenvalue weighted by Crippen LogP contribution is 2.14. The van der Waals surface area contributed by atoms with Crippen LogP contribution >= 0.6 is 0 Å². The van der Waals surface area contributed by atoms with E-state index in [0.29, 0.717) is 0 Å². The summed E-state index contributed by atoms with van der Waals surface area (Å²) < 4.78 is 11.6. The van der Waals surface area contributed by atoms with Gasteiger partial charge in [0, 0.05) is 20.3 Å². The Balaban J connectivity index is 2.33. The molecule has 0 saturated carbocycles. The standard InChI is InChI=1S/C15H18O2Si/c1-16-18(17-2,15-11-7-4-8-12-15)13-14-9-5-3-6-10-14/h3-12H,13H2,1-2H3. The number of hydrogen-bond acceptors (Lipinski definition) is 2. The molecule has 2 rings (SSSR count). The Labute approximate surface area is 109 Å². The lowest BCUT2D eigenvalue weighted by molar-refractivity contribution is 0.256. The lowest BCUT2D eigenvalue weighted by Crippen LogP contribution is -2.54. The lowest BCUT2D eigenvalue weighted by atomic mass is 10.2. The largest absolute Gasteiger partial charge is 0.394 e. The summed E-state index contributed by atoms with van der Waals surface area (Å²) in [4.78, 5) is 0. The molecule has 0 aliphatic rings. The summed E-state index contributed by atoms with van der Waals surface area (Å²) >= 11 is 0. The van der Waals surface area contributed by atoms with E-state index in [1.54, 1.807) is 14.2 Å². The first-order chi connectivity index (χ1) is 8.80. The minimum atomic E-state index is -2.36. The van der Waals surface area contributed by atoms with Crippen molar-refractivity contribution in [3.63, 3.8) is 0 Å². The predicted octanol–water partition coefficient (Wildman–Crippen LogP) is 2.41. The Kier molecular flexibility index (Phi) is 4.31.